The van der Waals surface area contributed by atoms with Crippen LogP contribution in [-0.2, 0) is 12.4 Å². The first-order chi connectivity index (χ1) is 11.4. The van der Waals surface area contributed by atoms with Crippen molar-refractivity contribution in [2.24, 2.45) is 0 Å². The summed E-state index contributed by atoms with van der Waals surface area (Å²) in [5.74, 6) is -0.939. The molecule has 1 amide bonds. The van der Waals surface area contributed by atoms with Crippen molar-refractivity contribution >= 4 is 34.8 Å². The maximum Gasteiger partial charge on any atom is 0.416 e. The molecule has 0 aliphatic heterocycles. The van der Waals surface area contributed by atoms with E-state index in [4.69, 9.17) is 23.2 Å². The number of benzene rings is 2. The van der Waals surface area contributed by atoms with Gasteiger partial charge in [0.05, 0.1) is 21.2 Å². The molecule has 134 valence electrons. The van der Waals surface area contributed by atoms with Gasteiger partial charge in [-0.25, -0.2) is 0 Å². The highest BCUT2D eigenvalue weighted by Crippen LogP contribution is 2.37. The smallest absolute Gasteiger partial charge is 0.322 e. The molecular formula is C15H7Cl2F6NO. The van der Waals surface area contributed by atoms with E-state index in [2.05, 4.69) is 0 Å². The van der Waals surface area contributed by atoms with Crippen LogP contribution in [0.1, 0.15) is 21.5 Å². The molecule has 0 spiro atoms. The SMILES string of the molecule is O=C(Nc1cc(C(F)(F)F)cc(C(F)(F)F)c1)c1ccc(Cl)c(Cl)c1. The Bertz CT molecular complexity index is 784. The molecule has 0 heterocycles. The first-order valence-electron chi connectivity index (χ1n) is 6.44. The summed E-state index contributed by atoms with van der Waals surface area (Å²) in [5.41, 5.74) is -3.81. The zero-order valence-electron chi connectivity index (χ0n) is 11.9. The molecule has 25 heavy (non-hydrogen) atoms. The van der Waals surface area contributed by atoms with Crippen LogP contribution in [0.25, 0.3) is 0 Å². The Morgan fingerprint density at radius 2 is 1.32 bits per heavy atom. The van der Waals surface area contributed by atoms with E-state index < -0.39 is 35.1 Å². The number of anilines is 1. The molecule has 0 fully saturated rings. The molecule has 0 atom stereocenters. The summed E-state index contributed by atoms with van der Waals surface area (Å²) < 4.78 is 76.7. The van der Waals surface area contributed by atoms with E-state index in [-0.39, 0.29) is 21.7 Å². The van der Waals surface area contributed by atoms with Gasteiger partial charge in [-0.3, -0.25) is 4.79 Å². The second kappa shape index (κ2) is 6.76. The Labute approximate surface area is 147 Å². The summed E-state index contributed by atoms with van der Waals surface area (Å²) in [5, 5.41) is 2.13. The monoisotopic (exact) mass is 401 g/mol. The molecule has 0 aliphatic carbocycles. The Morgan fingerprint density at radius 1 is 0.800 bits per heavy atom. The molecule has 2 aromatic rings. The van der Waals surface area contributed by atoms with Crippen molar-refractivity contribution in [2.45, 2.75) is 12.4 Å². The van der Waals surface area contributed by atoms with Crippen LogP contribution in [0.15, 0.2) is 36.4 Å². The molecule has 0 bridgehead atoms. The highest BCUT2D eigenvalue weighted by Gasteiger charge is 2.37. The highest BCUT2D eigenvalue weighted by molar-refractivity contribution is 6.42. The molecule has 2 nitrogen and oxygen atoms in total. The van der Waals surface area contributed by atoms with Crippen molar-refractivity contribution in [1.29, 1.82) is 0 Å². The summed E-state index contributed by atoms with van der Waals surface area (Å²) in [6.45, 7) is 0. The van der Waals surface area contributed by atoms with Crippen molar-refractivity contribution in [3.8, 4) is 0 Å². The Morgan fingerprint density at radius 3 is 1.76 bits per heavy atom. The molecule has 0 saturated carbocycles. The van der Waals surface area contributed by atoms with Crippen LogP contribution < -0.4 is 5.32 Å². The lowest BCUT2D eigenvalue weighted by Crippen LogP contribution is -2.16. The van der Waals surface area contributed by atoms with Gasteiger partial charge in [0.2, 0.25) is 0 Å². The van der Waals surface area contributed by atoms with Gasteiger partial charge in [0, 0.05) is 11.3 Å². The summed E-state index contributed by atoms with van der Waals surface area (Å²) in [6, 6.07) is 4.41. The Balaban J connectivity index is 2.41. The number of nitrogens with one attached hydrogen (secondary N) is 1. The second-order valence-corrected chi connectivity index (χ2v) is 5.69. The fraction of sp³-hybridized carbons (Fsp3) is 0.133. The lowest BCUT2D eigenvalue weighted by molar-refractivity contribution is -0.143. The van der Waals surface area contributed by atoms with Gasteiger partial charge in [-0.15, -0.1) is 0 Å². The third-order valence-corrected chi connectivity index (χ3v) is 3.77. The van der Waals surface area contributed by atoms with Gasteiger partial charge in [-0.05, 0) is 36.4 Å². The van der Waals surface area contributed by atoms with Crippen LogP contribution in [-0.4, -0.2) is 5.91 Å². The quantitative estimate of drug-likeness (QED) is 0.589. The molecular weight excluding hydrogens is 395 g/mol. The predicted octanol–water partition coefficient (Wildman–Crippen LogP) is 6.28. The lowest BCUT2D eigenvalue weighted by atomic mass is 10.1. The van der Waals surface area contributed by atoms with E-state index in [1.54, 1.807) is 0 Å². The first-order valence-corrected chi connectivity index (χ1v) is 7.19. The van der Waals surface area contributed by atoms with Gasteiger partial charge >= 0.3 is 12.4 Å². The Kier molecular flexibility index (Phi) is 5.24. The first kappa shape index (κ1) is 19.4. The van der Waals surface area contributed by atoms with Gasteiger partial charge in [0.1, 0.15) is 0 Å². The van der Waals surface area contributed by atoms with Gasteiger partial charge in [0.15, 0.2) is 0 Å². The minimum atomic E-state index is -5.01. The number of amides is 1. The lowest BCUT2D eigenvalue weighted by Gasteiger charge is -2.15. The molecule has 1 N–H and O–H groups in total. The molecule has 0 saturated heterocycles. The van der Waals surface area contributed by atoms with Crippen LogP contribution in [0.5, 0.6) is 0 Å². The van der Waals surface area contributed by atoms with Crippen molar-refractivity contribution in [3.63, 3.8) is 0 Å². The zero-order chi connectivity index (χ0) is 19.0. The topological polar surface area (TPSA) is 29.1 Å². The van der Waals surface area contributed by atoms with Gasteiger partial charge in [-0.1, -0.05) is 23.2 Å². The molecule has 0 unspecified atom stereocenters. The fourth-order valence-corrected chi connectivity index (χ4v) is 2.17. The number of alkyl halides is 6. The number of carbonyl (C=O) groups is 1. The van der Waals surface area contributed by atoms with Crippen molar-refractivity contribution in [1.82, 2.24) is 0 Å². The zero-order valence-corrected chi connectivity index (χ0v) is 13.4. The van der Waals surface area contributed by atoms with Crippen molar-refractivity contribution < 1.29 is 31.1 Å². The molecule has 2 rings (SSSR count). The van der Waals surface area contributed by atoms with E-state index in [9.17, 15) is 31.1 Å². The number of hydrogen-bond acceptors (Lipinski definition) is 1. The van der Waals surface area contributed by atoms with Crippen LogP contribution in [0, 0.1) is 0 Å². The van der Waals surface area contributed by atoms with Crippen LogP contribution in [0.2, 0.25) is 10.0 Å². The highest BCUT2D eigenvalue weighted by atomic mass is 35.5. The summed E-state index contributed by atoms with van der Waals surface area (Å²) in [7, 11) is 0. The van der Waals surface area contributed by atoms with Gasteiger partial charge in [0.25, 0.3) is 5.91 Å². The normalized spacial score (nSPS) is 12.2. The van der Waals surface area contributed by atoms with Crippen LogP contribution in [0.4, 0.5) is 32.0 Å². The summed E-state index contributed by atoms with van der Waals surface area (Å²) in [6.07, 6.45) is -10.0. The molecule has 0 aliphatic rings. The number of halogens is 8. The number of rotatable bonds is 2. The molecule has 2 aromatic carbocycles. The van der Waals surface area contributed by atoms with E-state index >= 15 is 0 Å². The van der Waals surface area contributed by atoms with Crippen molar-refractivity contribution in [3.05, 3.63) is 63.1 Å². The van der Waals surface area contributed by atoms with E-state index in [1.807, 2.05) is 5.32 Å². The number of hydrogen-bond donors (Lipinski definition) is 1. The second-order valence-electron chi connectivity index (χ2n) is 4.88. The van der Waals surface area contributed by atoms with Crippen LogP contribution in [0.3, 0.4) is 0 Å². The van der Waals surface area contributed by atoms with Gasteiger partial charge in [-0.2, -0.15) is 26.3 Å². The minimum absolute atomic E-state index is 0.00865. The largest absolute Gasteiger partial charge is 0.416 e. The Hall–Kier alpha value is -1.93. The maximum atomic E-state index is 12.8. The van der Waals surface area contributed by atoms with Gasteiger partial charge < -0.3 is 5.32 Å². The fourth-order valence-electron chi connectivity index (χ4n) is 1.87. The third-order valence-electron chi connectivity index (χ3n) is 3.03. The third kappa shape index (κ3) is 4.79. The maximum absolute atomic E-state index is 12.8. The molecule has 0 radical (unpaired) electrons. The van der Waals surface area contributed by atoms with E-state index in [0.717, 1.165) is 6.07 Å². The van der Waals surface area contributed by atoms with Crippen LogP contribution >= 0.6 is 23.2 Å². The average Bonchev–Trinajstić information content (AvgIpc) is 2.48. The minimum Gasteiger partial charge on any atom is -0.322 e. The molecule has 10 heteroatoms. The van der Waals surface area contributed by atoms with E-state index in [1.165, 1.54) is 12.1 Å². The summed E-state index contributed by atoms with van der Waals surface area (Å²) in [4.78, 5) is 12.0. The predicted molar refractivity (Wildman–Crippen MR) is 80.9 cm³/mol. The number of carbonyl (C=O) groups excluding carboxylic acids is 1. The van der Waals surface area contributed by atoms with E-state index in [0.29, 0.717) is 12.1 Å². The standard InChI is InChI=1S/C15H7Cl2F6NO/c16-11-2-1-7(3-12(11)17)13(25)24-10-5-8(14(18,19)20)4-9(6-10)15(21,22)23/h1-6H,(H,24,25). The average molecular weight is 402 g/mol. The van der Waals surface area contributed by atoms with Crippen molar-refractivity contribution in [2.75, 3.05) is 5.32 Å². The summed E-state index contributed by atoms with van der Waals surface area (Å²) >= 11 is 11.4. The molecule has 0 aromatic heterocycles.